The van der Waals surface area contributed by atoms with Gasteiger partial charge in [0.05, 0.1) is 21.7 Å². The number of benzene rings is 2. The molecule has 4 aromatic rings. The molecule has 0 aliphatic rings. The van der Waals surface area contributed by atoms with Crippen LogP contribution in [0.2, 0.25) is 5.02 Å². The Kier molecular flexibility index (Phi) is 5.90. The Balaban J connectivity index is 1.72. The van der Waals surface area contributed by atoms with Gasteiger partial charge in [0.2, 0.25) is 5.78 Å². The maximum absolute atomic E-state index is 13.1. The molecule has 0 spiro atoms. The number of hydrogen-bond acceptors (Lipinski definition) is 5. The quantitative estimate of drug-likeness (QED) is 0.252. The minimum atomic E-state index is -0.919. The van der Waals surface area contributed by atoms with Crippen LogP contribution in [-0.4, -0.2) is 22.8 Å². The van der Waals surface area contributed by atoms with E-state index in [2.05, 4.69) is 0 Å². The molecule has 0 saturated carbocycles. The van der Waals surface area contributed by atoms with Crippen LogP contribution in [-0.2, 0) is 4.74 Å². The molecule has 0 saturated heterocycles. The molecular formula is C25H20ClNO3S. The molecule has 2 aromatic heterocycles. The highest BCUT2D eigenvalue weighted by Crippen LogP contribution is 2.32. The summed E-state index contributed by atoms with van der Waals surface area (Å²) in [6.45, 7) is 5.41. The standard InChI is InChI=1S/C25H20ClNO3S/c1-14-6-8-17(9-7-14)24(28)16(3)30-25(29)19-13-21(22-5-4-12-31-22)27-23-15(2)20(26)11-10-18(19)23/h4-13,16H,1-3H3. The first-order valence-corrected chi connectivity index (χ1v) is 11.1. The predicted molar refractivity (Wildman–Crippen MR) is 125 cm³/mol. The fraction of sp³-hybridized carbons (Fsp3) is 0.160. The first kappa shape index (κ1) is 21.2. The van der Waals surface area contributed by atoms with Crippen molar-refractivity contribution < 1.29 is 14.3 Å². The van der Waals surface area contributed by atoms with Gasteiger partial charge in [0.25, 0.3) is 0 Å². The average molecular weight is 450 g/mol. The van der Waals surface area contributed by atoms with Crippen LogP contribution < -0.4 is 0 Å². The number of nitrogens with zero attached hydrogens (tertiary/aromatic N) is 1. The van der Waals surface area contributed by atoms with Crippen molar-refractivity contribution in [3.05, 3.63) is 87.3 Å². The van der Waals surface area contributed by atoms with Crippen molar-refractivity contribution in [1.82, 2.24) is 4.98 Å². The summed E-state index contributed by atoms with van der Waals surface area (Å²) in [6, 6.07) is 16.3. The van der Waals surface area contributed by atoms with Crippen molar-refractivity contribution in [2.45, 2.75) is 26.9 Å². The lowest BCUT2D eigenvalue weighted by molar-refractivity contribution is 0.0320. The first-order valence-electron chi connectivity index (χ1n) is 9.80. The van der Waals surface area contributed by atoms with Gasteiger partial charge < -0.3 is 4.74 Å². The maximum atomic E-state index is 13.1. The third-order valence-corrected chi connectivity index (χ3v) is 6.45. The van der Waals surface area contributed by atoms with Gasteiger partial charge in [0.1, 0.15) is 0 Å². The molecule has 2 heterocycles. The van der Waals surface area contributed by atoms with Crippen molar-refractivity contribution in [2.24, 2.45) is 0 Å². The monoisotopic (exact) mass is 449 g/mol. The Labute approximate surface area is 189 Å². The summed E-state index contributed by atoms with van der Waals surface area (Å²) < 4.78 is 5.59. The topological polar surface area (TPSA) is 56.3 Å². The SMILES string of the molecule is Cc1ccc(C(=O)C(C)OC(=O)c2cc(-c3cccs3)nc3c(C)c(Cl)ccc23)cc1. The molecule has 0 fully saturated rings. The lowest BCUT2D eigenvalue weighted by Crippen LogP contribution is -2.24. The van der Waals surface area contributed by atoms with Gasteiger partial charge in [-0.05, 0) is 49.9 Å². The fourth-order valence-electron chi connectivity index (χ4n) is 3.35. The molecule has 6 heteroatoms. The second kappa shape index (κ2) is 8.61. The number of aromatic nitrogens is 1. The van der Waals surface area contributed by atoms with Crippen LogP contribution in [0.3, 0.4) is 0 Å². The number of Topliss-reactive ketones (excluding diaryl/α,β-unsaturated/α-hetero) is 1. The van der Waals surface area contributed by atoms with Crippen molar-refractivity contribution in [1.29, 1.82) is 0 Å². The number of thiophene rings is 1. The van der Waals surface area contributed by atoms with E-state index in [-0.39, 0.29) is 5.78 Å². The molecule has 2 aromatic carbocycles. The fourth-order valence-corrected chi connectivity index (χ4v) is 4.19. The number of carbonyl (C=O) groups excluding carboxylic acids is 2. The van der Waals surface area contributed by atoms with Gasteiger partial charge in [0, 0.05) is 16.0 Å². The molecular weight excluding hydrogens is 430 g/mol. The molecule has 0 bridgehead atoms. The average Bonchev–Trinajstić information content (AvgIpc) is 3.30. The summed E-state index contributed by atoms with van der Waals surface area (Å²) in [5.41, 5.74) is 4.01. The van der Waals surface area contributed by atoms with Crippen LogP contribution in [0, 0.1) is 13.8 Å². The lowest BCUT2D eigenvalue weighted by atomic mass is 10.0. The van der Waals surface area contributed by atoms with E-state index < -0.39 is 12.1 Å². The third kappa shape index (κ3) is 4.24. The number of pyridine rings is 1. The van der Waals surface area contributed by atoms with E-state index in [9.17, 15) is 9.59 Å². The molecule has 4 nitrogen and oxygen atoms in total. The maximum Gasteiger partial charge on any atom is 0.339 e. The van der Waals surface area contributed by atoms with E-state index >= 15 is 0 Å². The Bertz CT molecular complexity index is 1280. The molecule has 31 heavy (non-hydrogen) atoms. The molecule has 0 amide bonds. The van der Waals surface area contributed by atoms with Crippen molar-refractivity contribution >= 4 is 45.6 Å². The number of hydrogen-bond donors (Lipinski definition) is 0. The lowest BCUT2D eigenvalue weighted by Gasteiger charge is -2.15. The zero-order valence-electron chi connectivity index (χ0n) is 17.3. The van der Waals surface area contributed by atoms with E-state index in [0.29, 0.717) is 32.7 Å². The molecule has 0 radical (unpaired) electrons. The van der Waals surface area contributed by atoms with E-state index in [4.69, 9.17) is 21.3 Å². The number of fused-ring (bicyclic) bond motifs is 1. The zero-order valence-corrected chi connectivity index (χ0v) is 18.9. The summed E-state index contributed by atoms with van der Waals surface area (Å²) in [5, 5.41) is 3.17. The highest BCUT2D eigenvalue weighted by Gasteiger charge is 2.23. The van der Waals surface area contributed by atoms with Gasteiger partial charge in [-0.3, -0.25) is 4.79 Å². The summed E-state index contributed by atoms with van der Waals surface area (Å²) in [4.78, 5) is 31.6. The van der Waals surface area contributed by atoms with Crippen LogP contribution in [0.15, 0.2) is 60.0 Å². The molecule has 1 atom stereocenters. The van der Waals surface area contributed by atoms with Crippen molar-refractivity contribution in [3.63, 3.8) is 0 Å². The number of ketones is 1. The number of esters is 1. The second-order valence-electron chi connectivity index (χ2n) is 7.38. The highest BCUT2D eigenvalue weighted by atomic mass is 35.5. The molecule has 1 unspecified atom stereocenters. The zero-order chi connectivity index (χ0) is 22.1. The Morgan fingerprint density at radius 3 is 2.48 bits per heavy atom. The van der Waals surface area contributed by atoms with Crippen LogP contribution in [0.1, 0.15) is 38.8 Å². The minimum Gasteiger partial charge on any atom is -0.451 e. The summed E-state index contributed by atoms with van der Waals surface area (Å²) in [5.74, 6) is -0.815. The minimum absolute atomic E-state index is 0.246. The largest absolute Gasteiger partial charge is 0.451 e. The number of aryl methyl sites for hydroxylation is 2. The third-order valence-electron chi connectivity index (χ3n) is 5.15. The highest BCUT2D eigenvalue weighted by molar-refractivity contribution is 7.13. The van der Waals surface area contributed by atoms with Crippen LogP contribution in [0.4, 0.5) is 0 Å². The molecule has 0 aliphatic heterocycles. The molecule has 4 rings (SSSR count). The summed E-state index contributed by atoms with van der Waals surface area (Å²) >= 11 is 7.83. The number of rotatable bonds is 5. The Morgan fingerprint density at radius 1 is 1.06 bits per heavy atom. The second-order valence-corrected chi connectivity index (χ2v) is 8.73. The van der Waals surface area contributed by atoms with Crippen LogP contribution in [0.5, 0.6) is 0 Å². The van der Waals surface area contributed by atoms with E-state index in [0.717, 1.165) is 16.0 Å². The number of ether oxygens (including phenoxy) is 1. The van der Waals surface area contributed by atoms with Crippen molar-refractivity contribution in [2.75, 3.05) is 0 Å². The van der Waals surface area contributed by atoms with Gasteiger partial charge >= 0.3 is 5.97 Å². The van der Waals surface area contributed by atoms with E-state index in [1.54, 1.807) is 37.3 Å². The summed E-state index contributed by atoms with van der Waals surface area (Å²) in [6.07, 6.45) is -0.919. The van der Waals surface area contributed by atoms with Crippen LogP contribution in [0.25, 0.3) is 21.5 Å². The van der Waals surface area contributed by atoms with E-state index in [1.807, 2.05) is 43.5 Å². The van der Waals surface area contributed by atoms with Gasteiger partial charge in [-0.25, -0.2) is 9.78 Å². The van der Waals surface area contributed by atoms with E-state index in [1.165, 1.54) is 11.3 Å². The van der Waals surface area contributed by atoms with Crippen LogP contribution >= 0.6 is 22.9 Å². The van der Waals surface area contributed by atoms with Gasteiger partial charge in [-0.15, -0.1) is 11.3 Å². The normalized spacial score (nSPS) is 12.0. The molecule has 0 aliphatic carbocycles. The molecule has 156 valence electrons. The van der Waals surface area contributed by atoms with Gasteiger partial charge in [-0.2, -0.15) is 0 Å². The van der Waals surface area contributed by atoms with Gasteiger partial charge in [-0.1, -0.05) is 53.6 Å². The number of halogens is 1. The number of carbonyl (C=O) groups is 2. The first-order chi connectivity index (χ1) is 14.8. The predicted octanol–water partition coefficient (Wildman–Crippen LogP) is 6.66. The Hall–Kier alpha value is -3.02. The van der Waals surface area contributed by atoms with Gasteiger partial charge in [0.15, 0.2) is 6.10 Å². The van der Waals surface area contributed by atoms with Crippen molar-refractivity contribution in [3.8, 4) is 10.6 Å². The smallest absolute Gasteiger partial charge is 0.339 e. The Morgan fingerprint density at radius 2 is 1.81 bits per heavy atom. The summed E-state index contributed by atoms with van der Waals surface area (Å²) in [7, 11) is 0. The molecule has 0 N–H and O–H groups in total.